The van der Waals surface area contributed by atoms with E-state index in [1.54, 1.807) is 9.80 Å². The van der Waals surface area contributed by atoms with E-state index in [0.717, 1.165) is 0 Å². The van der Waals surface area contributed by atoms with E-state index in [1.807, 2.05) is 0 Å². The molecule has 2 aliphatic rings. The Bertz CT molecular complexity index is 578. The molecule has 0 radical (unpaired) electrons. The fourth-order valence-corrected chi connectivity index (χ4v) is 2.59. The lowest BCUT2D eigenvalue weighted by Gasteiger charge is -2.36. The highest BCUT2D eigenvalue weighted by Gasteiger charge is 2.38. The molecule has 2 aliphatic heterocycles. The summed E-state index contributed by atoms with van der Waals surface area (Å²) in [4.78, 5) is 33.2. The number of nitrogens with two attached hydrogens (primary N) is 1. The van der Waals surface area contributed by atoms with Gasteiger partial charge in [0.05, 0.1) is 11.0 Å². The summed E-state index contributed by atoms with van der Waals surface area (Å²) in [5.41, 5.74) is 5.28. The first-order valence-electron chi connectivity index (χ1n) is 6.12. The van der Waals surface area contributed by atoms with E-state index in [-0.39, 0.29) is 29.4 Å². The van der Waals surface area contributed by atoms with Gasteiger partial charge in [0, 0.05) is 26.2 Å². The molecule has 10 nitrogen and oxygen atoms in total. The van der Waals surface area contributed by atoms with E-state index in [0.29, 0.717) is 26.2 Å². The van der Waals surface area contributed by atoms with Crippen LogP contribution in [0.15, 0.2) is 6.33 Å². The van der Waals surface area contributed by atoms with Crippen LogP contribution in [0.25, 0.3) is 0 Å². The molecule has 3 N–H and O–H groups in total. The Morgan fingerprint density at radius 3 is 3.00 bits per heavy atom. The van der Waals surface area contributed by atoms with E-state index in [2.05, 4.69) is 15.3 Å². The maximum Gasteiger partial charge on any atom is 0.353 e. The molecule has 1 unspecified atom stereocenters. The van der Waals surface area contributed by atoms with Gasteiger partial charge in [-0.1, -0.05) is 0 Å². The SMILES string of the molecule is Nc1ncnc(N2CCN3C(=O)NCC3C2)c1[N+](=O)[O-]. The average Bonchev–Trinajstić information content (AvgIpc) is 2.79. The number of piperazine rings is 1. The molecule has 1 aromatic heterocycles. The van der Waals surface area contributed by atoms with Crippen molar-refractivity contribution in [3.63, 3.8) is 0 Å². The van der Waals surface area contributed by atoms with Gasteiger partial charge in [0.25, 0.3) is 0 Å². The molecule has 0 spiro atoms. The number of nitrogens with one attached hydrogen (secondary N) is 1. The van der Waals surface area contributed by atoms with Gasteiger partial charge in [-0.15, -0.1) is 0 Å². The van der Waals surface area contributed by atoms with Gasteiger partial charge in [-0.3, -0.25) is 10.1 Å². The molecule has 0 bridgehead atoms. The van der Waals surface area contributed by atoms with Crippen LogP contribution in [0.4, 0.5) is 22.1 Å². The minimum atomic E-state index is -0.574. The molecular formula is C10H13N7O3. The molecule has 3 rings (SSSR count). The summed E-state index contributed by atoms with van der Waals surface area (Å²) in [6.45, 7) is 1.98. The van der Waals surface area contributed by atoms with Crippen molar-refractivity contribution in [1.29, 1.82) is 0 Å². The van der Waals surface area contributed by atoms with Crippen molar-refractivity contribution in [2.45, 2.75) is 6.04 Å². The first-order chi connectivity index (χ1) is 9.58. The van der Waals surface area contributed by atoms with Crippen molar-refractivity contribution in [3.05, 3.63) is 16.4 Å². The zero-order chi connectivity index (χ0) is 14.3. The first-order valence-corrected chi connectivity index (χ1v) is 6.12. The van der Waals surface area contributed by atoms with Crippen molar-refractivity contribution < 1.29 is 9.72 Å². The number of hydrogen-bond acceptors (Lipinski definition) is 7. The number of fused-ring (bicyclic) bond motifs is 1. The van der Waals surface area contributed by atoms with Gasteiger partial charge in [-0.25, -0.2) is 14.8 Å². The fourth-order valence-electron chi connectivity index (χ4n) is 2.59. The topological polar surface area (TPSA) is 131 Å². The van der Waals surface area contributed by atoms with Gasteiger partial charge in [-0.05, 0) is 0 Å². The standard InChI is InChI=1S/C10H13N7O3/c11-8-7(17(19)20)9(14-5-13-8)15-1-2-16-6(4-15)3-12-10(16)18/h5-6H,1-4H2,(H,12,18)(H2,11,13,14). The molecule has 2 fully saturated rings. The van der Waals surface area contributed by atoms with Gasteiger partial charge >= 0.3 is 11.7 Å². The Hall–Kier alpha value is -2.65. The van der Waals surface area contributed by atoms with Crippen LogP contribution in [-0.4, -0.2) is 58.0 Å². The van der Waals surface area contributed by atoms with E-state index < -0.39 is 4.92 Å². The predicted molar refractivity (Wildman–Crippen MR) is 69.2 cm³/mol. The normalized spacial score (nSPS) is 21.6. The minimum Gasteiger partial charge on any atom is -0.378 e. The number of amides is 2. The van der Waals surface area contributed by atoms with Crippen LogP contribution in [0.3, 0.4) is 0 Å². The van der Waals surface area contributed by atoms with E-state index in [4.69, 9.17) is 5.73 Å². The summed E-state index contributed by atoms with van der Waals surface area (Å²) in [5, 5.41) is 13.9. The highest BCUT2D eigenvalue weighted by molar-refractivity contribution is 5.78. The molecular weight excluding hydrogens is 266 g/mol. The van der Waals surface area contributed by atoms with E-state index in [9.17, 15) is 14.9 Å². The molecule has 10 heteroatoms. The Labute approximate surface area is 113 Å². The van der Waals surface area contributed by atoms with E-state index in [1.165, 1.54) is 6.33 Å². The number of nitrogens with zero attached hydrogens (tertiary/aromatic N) is 5. The van der Waals surface area contributed by atoms with Crippen molar-refractivity contribution in [1.82, 2.24) is 20.2 Å². The number of carbonyl (C=O) groups is 1. The Kier molecular flexibility index (Phi) is 2.77. The maximum absolute atomic E-state index is 11.5. The highest BCUT2D eigenvalue weighted by atomic mass is 16.6. The zero-order valence-corrected chi connectivity index (χ0v) is 10.5. The average molecular weight is 279 g/mol. The second-order valence-electron chi connectivity index (χ2n) is 4.67. The molecule has 1 atom stereocenters. The van der Waals surface area contributed by atoms with Crippen molar-refractivity contribution in [2.24, 2.45) is 0 Å². The smallest absolute Gasteiger partial charge is 0.353 e. The molecule has 106 valence electrons. The number of carbonyl (C=O) groups excluding carboxylic acids is 1. The van der Waals surface area contributed by atoms with Gasteiger partial charge in [-0.2, -0.15) is 0 Å². The summed E-state index contributed by atoms with van der Waals surface area (Å²) in [5.74, 6) is 0.0598. The third-order valence-electron chi connectivity index (χ3n) is 3.55. The van der Waals surface area contributed by atoms with Crippen molar-refractivity contribution >= 4 is 23.4 Å². The number of nitro groups is 1. The van der Waals surface area contributed by atoms with Gasteiger partial charge in [0.15, 0.2) is 0 Å². The highest BCUT2D eigenvalue weighted by Crippen LogP contribution is 2.31. The predicted octanol–water partition coefficient (Wildman–Crippen LogP) is -0.819. The molecule has 0 saturated carbocycles. The van der Waals surface area contributed by atoms with Gasteiger partial charge in [0.2, 0.25) is 11.6 Å². The summed E-state index contributed by atoms with van der Waals surface area (Å²) in [7, 11) is 0. The van der Waals surface area contributed by atoms with Crippen LogP contribution in [0.1, 0.15) is 0 Å². The lowest BCUT2D eigenvalue weighted by Crippen LogP contribution is -2.52. The Balaban J connectivity index is 1.89. The lowest BCUT2D eigenvalue weighted by atomic mass is 10.2. The van der Waals surface area contributed by atoms with Crippen LogP contribution < -0.4 is 16.0 Å². The molecule has 0 aliphatic carbocycles. The second kappa shape index (κ2) is 4.47. The Morgan fingerprint density at radius 2 is 2.25 bits per heavy atom. The Morgan fingerprint density at radius 1 is 1.45 bits per heavy atom. The number of anilines is 2. The number of hydrogen-bond donors (Lipinski definition) is 2. The number of nitrogen functional groups attached to an aromatic ring is 1. The minimum absolute atomic E-state index is 0.00737. The molecule has 1 aromatic rings. The molecule has 0 aromatic carbocycles. The largest absolute Gasteiger partial charge is 0.378 e. The second-order valence-corrected chi connectivity index (χ2v) is 4.67. The summed E-state index contributed by atoms with van der Waals surface area (Å²) < 4.78 is 0. The monoisotopic (exact) mass is 279 g/mol. The summed E-state index contributed by atoms with van der Waals surface area (Å²) in [6, 6.07) is -0.0987. The van der Waals surface area contributed by atoms with Crippen LogP contribution in [0.2, 0.25) is 0 Å². The van der Waals surface area contributed by atoms with Crippen LogP contribution in [0, 0.1) is 10.1 Å². The number of aromatic nitrogens is 2. The number of urea groups is 1. The van der Waals surface area contributed by atoms with Gasteiger partial charge < -0.3 is 20.9 Å². The van der Waals surface area contributed by atoms with Crippen LogP contribution in [0.5, 0.6) is 0 Å². The third kappa shape index (κ3) is 1.85. The zero-order valence-electron chi connectivity index (χ0n) is 10.5. The van der Waals surface area contributed by atoms with Crippen LogP contribution in [-0.2, 0) is 0 Å². The lowest BCUT2D eigenvalue weighted by molar-refractivity contribution is -0.383. The van der Waals surface area contributed by atoms with Crippen molar-refractivity contribution in [2.75, 3.05) is 36.8 Å². The molecule has 2 amide bonds. The fraction of sp³-hybridized carbons (Fsp3) is 0.500. The summed E-state index contributed by atoms with van der Waals surface area (Å²) >= 11 is 0. The maximum atomic E-state index is 11.5. The molecule has 3 heterocycles. The van der Waals surface area contributed by atoms with Gasteiger partial charge in [0.1, 0.15) is 6.33 Å². The number of rotatable bonds is 2. The van der Waals surface area contributed by atoms with Crippen LogP contribution >= 0.6 is 0 Å². The molecule has 20 heavy (non-hydrogen) atoms. The third-order valence-corrected chi connectivity index (χ3v) is 3.55. The first kappa shape index (κ1) is 12.4. The van der Waals surface area contributed by atoms with E-state index >= 15 is 0 Å². The summed E-state index contributed by atoms with van der Waals surface area (Å²) in [6.07, 6.45) is 1.21. The van der Waals surface area contributed by atoms with Crippen molar-refractivity contribution in [3.8, 4) is 0 Å². The quantitative estimate of drug-likeness (QED) is 0.534. The molecule has 2 saturated heterocycles.